The summed E-state index contributed by atoms with van der Waals surface area (Å²) < 4.78 is 0. The number of piperidine rings is 1. The number of halogens is 1. The summed E-state index contributed by atoms with van der Waals surface area (Å²) in [6.07, 6.45) is 2.91. The minimum atomic E-state index is 0. The number of nitrogens with one attached hydrogen (secondary N) is 2. The van der Waals surface area contributed by atoms with Gasteiger partial charge in [0.05, 0.1) is 6.42 Å². The molecule has 0 saturated carbocycles. The van der Waals surface area contributed by atoms with Gasteiger partial charge < -0.3 is 10.6 Å². The Kier molecular flexibility index (Phi) is 6.50. The Bertz CT molecular complexity index is 420. The van der Waals surface area contributed by atoms with Gasteiger partial charge in [-0.3, -0.25) is 4.79 Å². The zero-order valence-corrected chi connectivity index (χ0v) is 13.1. The molecule has 1 atom stereocenters. The second kappa shape index (κ2) is 7.65. The maximum absolute atomic E-state index is 11.9. The summed E-state index contributed by atoms with van der Waals surface area (Å²) in [5.41, 5.74) is 1.33. The molecule has 112 valence electrons. The van der Waals surface area contributed by atoms with Gasteiger partial charge >= 0.3 is 0 Å². The zero-order valence-electron chi connectivity index (χ0n) is 12.3. The average molecular weight is 297 g/mol. The molecular weight excluding hydrogens is 272 g/mol. The molecule has 1 amide bonds. The molecule has 0 bridgehead atoms. The molecule has 4 heteroatoms. The largest absolute Gasteiger partial charge is 0.354 e. The monoisotopic (exact) mass is 296 g/mol. The van der Waals surface area contributed by atoms with Crippen LogP contribution in [-0.2, 0) is 11.2 Å². The third kappa shape index (κ3) is 4.80. The van der Waals surface area contributed by atoms with Crippen LogP contribution in [0.2, 0.25) is 0 Å². The Morgan fingerprint density at radius 2 is 2.05 bits per heavy atom. The predicted octanol–water partition coefficient (Wildman–Crippen LogP) is 2.55. The first-order valence-electron chi connectivity index (χ1n) is 7.12. The summed E-state index contributed by atoms with van der Waals surface area (Å²) in [6, 6.07) is 10.3. The van der Waals surface area contributed by atoms with Crippen LogP contribution in [0.4, 0.5) is 0 Å². The van der Waals surface area contributed by atoms with Gasteiger partial charge in [-0.15, -0.1) is 12.4 Å². The van der Waals surface area contributed by atoms with Crippen LogP contribution in [0.5, 0.6) is 0 Å². The van der Waals surface area contributed by atoms with Crippen molar-refractivity contribution in [1.29, 1.82) is 0 Å². The minimum Gasteiger partial charge on any atom is -0.354 e. The van der Waals surface area contributed by atoms with E-state index in [0.717, 1.165) is 18.7 Å². The lowest BCUT2D eigenvalue weighted by atomic mass is 9.77. The van der Waals surface area contributed by atoms with E-state index in [2.05, 4.69) is 24.5 Å². The fourth-order valence-corrected chi connectivity index (χ4v) is 2.68. The highest BCUT2D eigenvalue weighted by Gasteiger charge is 2.31. The molecule has 1 aliphatic rings. The Morgan fingerprint density at radius 1 is 1.35 bits per heavy atom. The molecule has 0 radical (unpaired) electrons. The van der Waals surface area contributed by atoms with Gasteiger partial charge in [-0.25, -0.2) is 0 Å². The van der Waals surface area contributed by atoms with E-state index in [9.17, 15) is 4.79 Å². The van der Waals surface area contributed by atoms with E-state index < -0.39 is 0 Å². The minimum absolute atomic E-state index is 0. The summed E-state index contributed by atoms with van der Waals surface area (Å²) in [5.74, 6) is 0.106. The van der Waals surface area contributed by atoms with Gasteiger partial charge in [-0.05, 0) is 30.4 Å². The van der Waals surface area contributed by atoms with Crippen molar-refractivity contribution in [3.63, 3.8) is 0 Å². The Morgan fingerprint density at radius 3 is 2.70 bits per heavy atom. The highest BCUT2D eigenvalue weighted by molar-refractivity contribution is 5.85. The van der Waals surface area contributed by atoms with Crippen molar-refractivity contribution < 1.29 is 4.79 Å². The Labute approximate surface area is 127 Å². The van der Waals surface area contributed by atoms with Crippen LogP contribution < -0.4 is 10.6 Å². The lowest BCUT2D eigenvalue weighted by molar-refractivity contribution is -0.120. The van der Waals surface area contributed by atoms with Crippen LogP contribution in [-0.4, -0.2) is 25.0 Å². The summed E-state index contributed by atoms with van der Waals surface area (Å²) in [5, 5.41) is 6.57. The lowest BCUT2D eigenvalue weighted by Crippen LogP contribution is -2.52. The zero-order chi connectivity index (χ0) is 13.7. The number of hydrogen-bond donors (Lipinski definition) is 2. The predicted molar refractivity (Wildman–Crippen MR) is 85.2 cm³/mol. The molecule has 0 aliphatic carbocycles. The maximum Gasteiger partial charge on any atom is 0.224 e. The smallest absolute Gasteiger partial charge is 0.224 e. The van der Waals surface area contributed by atoms with Crippen molar-refractivity contribution in [3.05, 3.63) is 35.9 Å². The number of benzene rings is 1. The first-order chi connectivity index (χ1) is 9.08. The third-order valence-electron chi connectivity index (χ3n) is 4.04. The van der Waals surface area contributed by atoms with E-state index >= 15 is 0 Å². The molecular formula is C16H25ClN2O. The lowest BCUT2D eigenvalue weighted by Gasteiger charge is -2.39. The Hall–Kier alpha value is -1.06. The molecule has 3 nitrogen and oxygen atoms in total. The highest BCUT2D eigenvalue weighted by atomic mass is 35.5. The molecule has 1 heterocycles. The number of amides is 1. The second-order valence-electron chi connectivity index (χ2n) is 6.07. The number of carbonyl (C=O) groups excluding carboxylic acids is 1. The SMILES string of the molecule is CC1(C)CCCNC1CNC(=O)Cc1ccccc1.Cl. The number of hydrogen-bond acceptors (Lipinski definition) is 2. The van der Waals surface area contributed by atoms with Crippen molar-refractivity contribution in [3.8, 4) is 0 Å². The molecule has 2 rings (SSSR count). The number of rotatable bonds is 4. The molecule has 1 saturated heterocycles. The van der Waals surface area contributed by atoms with Crippen LogP contribution >= 0.6 is 12.4 Å². The molecule has 1 aromatic carbocycles. The van der Waals surface area contributed by atoms with Crippen LogP contribution in [0.1, 0.15) is 32.3 Å². The van der Waals surface area contributed by atoms with Crippen LogP contribution in [0.3, 0.4) is 0 Å². The fraction of sp³-hybridized carbons (Fsp3) is 0.562. The molecule has 1 aromatic rings. The normalized spacial score (nSPS) is 20.8. The van der Waals surface area contributed by atoms with Crippen molar-refractivity contribution >= 4 is 18.3 Å². The summed E-state index contributed by atoms with van der Waals surface area (Å²) >= 11 is 0. The standard InChI is InChI=1S/C16H24N2O.ClH/c1-16(2)9-6-10-17-14(16)12-18-15(19)11-13-7-4-3-5-8-13;/h3-5,7-8,14,17H,6,9-12H2,1-2H3,(H,18,19);1H. The van der Waals surface area contributed by atoms with Crippen molar-refractivity contribution in [2.24, 2.45) is 5.41 Å². The van der Waals surface area contributed by atoms with Crippen molar-refractivity contribution in [1.82, 2.24) is 10.6 Å². The van der Waals surface area contributed by atoms with E-state index in [-0.39, 0.29) is 23.7 Å². The number of carbonyl (C=O) groups is 1. The van der Waals surface area contributed by atoms with E-state index in [1.54, 1.807) is 0 Å². The van der Waals surface area contributed by atoms with Crippen molar-refractivity contribution in [2.45, 2.75) is 39.2 Å². The van der Waals surface area contributed by atoms with E-state index in [0.29, 0.717) is 12.5 Å². The summed E-state index contributed by atoms with van der Waals surface area (Å²) in [6.45, 7) is 6.32. The van der Waals surface area contributed by atoms with Crippen LogP contribution in [0.25, 0.3) is 0 Å². The Balaban J connectivity index is 0.00000200. The molecule has 1 fully saturated rings. The molecule has 0 aromatic heterocycles. The fourth-order valence-electron chi connectivity index (χ4n) is 2.68. The molecule has 0 spiro atoms. The molecule has 1 unspecified atom stereocenters. The molecule has 2 N–H and O–H groups in total. The second-order valence-corrected chi connectivity index (χ2v) is 6.07. The van der Waals surface area contributed by atoms with Gasteiger partial charge in [-0.2, -0.15) is 0 Å². The van der Waals surface area contributed by atoms with Gasteiger partial charge in [0.25, 0.3) is 0 Å². The van der Waals surface area contributed by atoms with E-state index in [4.69, 9.17) is 0 Å². The van der Waals surface area contributed by atoms with Crippen LogP contribution in [0.15, 0.2) is 30.3 Å². The first-order valence-corrected chi connectivity index (χ1v) is 7.12. The summed E-state index contributed by atoms with van der Waals surface area (Å²) in [4.78, 5) is 11.9. The van der Waals surface area contributed by atoms with Gasteiger partial charge in [-0.1, -0.05) is 44.2 Å². The van der Waals surface area contributed by atoms with Gasteiger partial charge in [0.15, 0.2) is 0 Å². The molecule has 20 heavy (non-hydrogen) atoms. The topological polar surface area (TPSA) is 41.1 Å². The highest BCUT2D eigenvalue weighted by Crippen LogP contribution is 2.29. The van der Waals surface area contributed by atoms with E-state index in [1.165, 1.54) is 12.8 Å². The van der Waals surface area contributed by atoms with Gasteiger partial charge in [0, 0.05) is 12.6 Å². The molecule has 1 aliphatic heterocycles. The van der Waals surface area contributed by atoms with Gasteiger partial charge in [0.2, 0.25) is 5.91 Å². The van der Waals surface area contributed by atoms with Gasteiger partial charge in [0.1, 0.15) is 0 Å². The quantitative estimate of drug-likeness (QED) is 0.896. The average Bonchev–Trinajstić information content (AvgIpc) is 2.38. The van der Waals surface area contributed by atoms with Crippen molar-refractivity contribution in [2.75, 3.05) is 13.1 Å². The third-order valence-corrected chi connectivity index (χ3v) is 4.04. The summed E-state index contributed by atoms with van der Waals surface area (Å²) in [7, 11) is 0. The van der Waals surface area contributed by atoms with E-state index in [1.807, 2.05) is 30.3 Å². The first kappa shape index (κ1) is 17.0. The van der Waals surface area contributed by atoms with Crippen LogP contribution in [0, 0.1) is 5.41 Å². The maximum atomic E-state index is 11.9.